The van der Waals surface area contributed by atoms with Crippen molar-refractivity contribution in [3.05, 3.63) is 68.4 Å². The molecule has 0 unspecified atom stereocenters. The van der Waals surface area contributed by atoms with E-state index in [4.69, 9.17) is 9.15 Å². The summed E-state index contributed by atoms with van der Waals surface area (Å²) in [6.07, 6.45) is 8.53. The van der Waals surface area contributed by atoms with E-state index >= 15 is 0 Å². The first-order chi connectivity index (χ1) is 16.5. The van der Waals surface area contributed by atoms with Gasteiger partial charge in [-0.05, 0) is 60.3 Å². The number of rotatable bonds is 8. The lowest BCUT2D eigenvalue weighted by atomic mass is 9.98. The Morgan fingerprint density at radius 2 is 1.51 bits per heavy atom. The monoisotopic (exact) mass is 478 g/mol. The van der Waals surface area contributed by atoms with Crippen molar-refractivity contribution < 1.29 is 24.5 Å². The Bertz CT molecular complexity index is 1410. The smallest absolute Gasteiger partial charge is 0.204 e. The highest BCUT2D eigenvalue weighted by atomic mass is 16.5. The van der Waals surface area contributed by atoms with Crippen LogP contribution in [0.15, 0.2) is 56.3 Å². The molecule has 0 aliphatic heterocycles. The van der Waals surface area contributed by atoms with Crippen molar-refractivity contribution in [1.82, 2.24) is 0 Å². The molecule has 0 saturated carbocycles. The molecule has 0 spiro atoms. The van der Waals surface area contributed by atoms with Crippen LogP contribution in [0.3, 0.4) is 0 Å². The van der Waals surface area contributed by atoms with Crippen molar-refractivity contribution in [3.8, 4) is 23.0 Å². The van der Waals surface area contributed by atoms with Crippen LogP contribution in [0.4, 0.5) is 0 Å². The summed E-state index contributed by atoms with van der Waals surface area (Å²) in [4.78, 5) is 13.7. The maximum atomic E-state index is 13.7. The van der Waals surface area contributed by atoms with Gasteiger partial charge in [0.05, 0.1) is 12.5 Å². The quantitative estimate of drug-likeness (QED) is 0.243. The van der Waals surface area contributed by atoms with Gasteiger partial charge < -0.3 is 24.5 Å². The third-order valence-corrected chi connectivity index (χ3v) is 5.99. The van der Waals surface area contributed by atoms with Crippen molar-refractivity contribution in [2.45, 2.75) is 60.3 Å². The van der Waals surface area contributed by atoms with Crippen LogP contribution in [0, 0.1) is 0 Å². The van der Waals surface area contributed by atoms with Crippen LogP contribution in [-0.4, -0.2) is 22.4 Å². The zero-order chi connectivity index (χ0) is 25.9. The standard InChI is InChI=1S/C29H34O6/c1-16(2)8-7-9-18(5)11-13-20-25-24(15-23(32)28(20)34-6)35-29-19(12-10-17(3)4)21(30)14-22(31)26(29)27(25)33/h8,10-11,14-15,30-32H,7,9,12-13H2,1-6H3. The van der Waals surface area contributed by atoms with E-state index < -0.39 is 5.43 Å². The average molecular weight is 479 g/mol. The molecule has 6 nitrogen and oxygen atoms in total. The number of ether oxygens (including phenoxy) is 1. The van der Waals surface area contributed by atoms with Crippen molar-refractivity contribution in [2.24, 2.45) is 0 Å². The summed E-state index contributed by atoms with van der Waals surface area (Å²) in [6, 6.07) is 2.51. The highest BCUT2D eigenvalue weighted by molar-refractivity contribution is 5.98. The molecule has 1 heterocycles. The van der Waals surface area contributed by atoms with Crippen molar-refractivity contribution in [3.63, 3.8) is 0 Å². The maximum Gasteiger partial charge on any atom is 0.204 e. The Balaban J connectivity index is 2.27. The van der Waals surface area contributed by atoms with E-state index in [0.29, 0.717) is 24.0 Å². The molecule has 0 atom stereocenters. The van der Waals surface area contributed by atoms with Gasteiger partial charge >= 0.3 is 0 Å². The van der Waals surface area contributed by atoms with Gasteiger partial charge in [-0.1, -0.05) is 34.9 Å². The van der Waals surface area contributed by atoms with Gasteiger partial charge in [0, 0.05) is 23.3 Å². The van der Waals surface area contributed by atoms with E-state index in [9.17, 15) is 20.1 Å². The number of phenolic OH excluding ortho intramolecular Hbond substituents is 3. The first-order valence-electron chi connectivity index (χ1n) is 11.7. The number of aromatic hydroxyl groups is 3. The van der Waals surface area contributed by atoms with Gasteiger partial charge in [0.2, 0.25) is 5.43 Å². The highest BCUT2D eigenvalue weighted by Gasteiger charge is 2.23. The predicted molar refractivity (Wildman–Crippen MR) is 141 cm³/mol. The minimum absolute atomic E-state index is 0.00860. The Kier molecular flexibility index (Phi) is 7.95. The number of phenols is 3. The third kappa shape index (κ3) is 5.53. The number of hydrogen-bond acceptors (Lipinski definition) is 6. The van der Waals surface area contributed by atoms with E-state index in [0.717, 1.165) is 24.0 Å². The number of fused-ring (bicyclic) bond motifs is 2. The molecule has 0 bridgehead atoms. The highest BCUT2D eigenvalue weighted by Crippen LogP contribution is 2.40. The van der Waals surface area contributed by atoms with Gasteiger partial charge in [-0.3, -0.25) is 4.79 Å². The largest absolute Gasteiger partial charge is 0.507 e. The SMILES string of the molecule is COc1c(O)cc2oc3c(CC=C(C)C)c(O)cc(O)c3c(=O)c2c1CC=C(C)CCC=C(C)C. The number of benzene rings is 2. The third-order valence-electron chi connectivity index (χ3n) is 5.99. The average Bonchev–Trinajstić information content (AvgIpc) is 2.76. The second-order valence-electron chi connectivity index (χ2n) is 9.37. The molecule has 3 rings (SSSR count). The van der Waals surface area contributed by atoms with E-state index in [2.05, 4.69) is 19.9 Å². The van der Waals surface area contributed by atoms with Crippen molar-refractivity contribution in [2.75, 3.05) is 7.11 Å². The first-order valence-corrected chi connectivity index (χ1v) is 11.7. The molecule has 6 heteroatoms. The molecule has 1 aromatic heterocycles. The van der Waals surface area contributed by atoms with Crippen LogP contribution in [0.2, 0.25) is 0 Å². The Morgan fingerprint density at radius 3 is 2.14 bits per heavy atom. The van der Waals surface area contributed by atoms with Gasteiger partial charge in [0.25, 0.3) is 0 Å². The van der Waals surface area contributed by atoms with Gasteiger partial charge in [0.15, 0.2) is 11.5 Å². The van der Waals surface area contributed by atoms with E-state index in [1.54, 1.807) is 0 Å². The second kappa shape index (κ2) is 10.7. The van der Waals surface area contributed by atoms with E-state index in [-0.39, 0.29) is 44.9 Å². The van der Waals surface area contributed by atoms with E-state index in [1.165, 1.54) is 24.8 Å². The van der Waals surface area contributed by atoms with Gasteiger partial charge in [-0.2, -0.15) is 0 Å². The van der Waals surface area contributed by atoms with Gasteiger partial charge in [-0.15, -0.1) is 0 Å². The zero-order valence-electron chi connectivity index (χ0n) is 21.3. The summed E-state index contributed by atoms with van der Waals surface area (Å²) in [5.74, 6) is -0.479. The van der Waals surface area contributed by atoms with Crippen molar-refractivity contribution in [1.29, 1.82) is 0 Å². The van der Waals surface area contributed by atoms with Gasteiger partial charge in [0.1, 0.15) is 28.1 Å². The summed E-state index contributed by atoms with van der Waals surface area (Å²) in [6.45, 7) is 10.0. The van der Waals surface area contributed by atoms with Crippen LogP contribution >= 0.6 is 0 Å². The molecule has 3 N–H and O–H groups in total. The Labute approximate surface area is 205 Å². The predicted octanol–water partition coefficient (Wildman–Crippen LogP) is 6.82. The number of methoxy groups -OCH3 is 1. The molecule has 2 aromatic carbocycles. The lowest BCUT2D eigenvalue weighted by Crippen LogP contribution is -2.08. The minimum atomic E-state index is -0.443. The topological polar surface area (TPSA) is 100 Å². The zero-order valence-corrected chi connectivity index (χ0v) is 21.3. The molecular formula is C29H34O6. The molecule has 3 aromatic rings. The Morgan fingerprint density at radius 1 is 0.857 bits per heavy atom. The van der Waals surface area contributed by atoms with Crippen LogP contribution in [0.5, 0.6) is 23.0 Å². The summed E-state index contributed by atoms with van der Waals surface area (Å²) in [7, 11) is 1.44. The molecule has 0 aliphatic carbocycles. The fraction of sp³-hybridized carbons (Fsp3) is 0.345. The normalized spacial score (nSPS) is 11.7. The lowest BCUT2D eigenvalue weighted by Gasteiger charge is -2.15. The first kappa shape index (κ1) is 25.9. The van der Waals surface area contributed by atoms with Crippen LogP contribution < -0.4 is 10.2 Å². The van der Waals surface area contributed by atoms with Crippen LogP contribution in [0.1, 0.15) is 58.6 Å². The summed E-state index contributed by atoms with van der Waals surface area (Å²) in [5.41, 5.74) is 4.13. The fourth-order valence-corrected chi connectivity index (χ4v) is 4.14. The molecule has 0 aliphatic rings. The summed E-state index contributed by atoms with van der Waals surface area (Å²) >= 11 is 0. The lowest BCUT2D eigenvalue weighted by molar-refractivity contribution is 0.370. The fourth-order valence-electron chi connectivity index (χ4n) is 4.14. The Hall–Kier alpha value is -3.67. The molecule has 35 heavy (non-hydrogen) atoms. The molecule has 186 valence electrons. The maximum absolute atomic E-state index is 13.7. The van der Waals surface area contributed by atoms with Crippen LogP contribution in [-0.2, 0) is 12.8 Å². The van der Waals surface area contributed by atoms with E-state index in [1.807, 2.05) is 32.9 Å². The molecule has 0 saturated heterocycles. The molecule has 0 radical (unpaired) electrons. The van der Waals surface area contributed by atoms with Crippen LogP contribution in [0.25, 0.3) is 21.9 Å². The molecule has 0 fully saturated rings. The molecular weight excluding hydrogens is 444 g/mol. The number of hydrogen-bond donors (Lipinski definition) is 3. The summed E-state index contributed by atoms with van der Waals surface area (Å²) in [5, 5.41) is 31.9. The second-order valence-corrected chi connectivity index (χ2v) is 9.37. The molecule has 0 amide bonds. The van der Waals surface area contributed by atoms with Crippen molar-refractivity contribution >= 4 is 21.9 Å². The van der Waals surface area contributed by atoms with Gasteiger partial charge in [-0.25, -0.2) is 0 Å². The minimum Gasteiger partial charge on any atom is -0.507 e. The number of allylic oxidation sites excluding steroid dienone is 6. The summed E-state index contributed by atoms with van der Waals surface area (Å²) < 4.78 is 11.5.